The molecular weight excluding hydrogens is 250 g/mol. The van der Waals surface area contributed by atoms with Crippen LogP contribution in [0.4, 0.5) is 0 Å². The maximum Gasteiger partial charge on any atom is 0.0991 e. The number of aliphatic hydroxyl groups excluding tert-OH is 1. The largest absolute Gasteiger partial charge is 0.387 e. The summed E-state index contributed by atoms with van der Waals surface area (Å²) in [5.41, 5.74) is 1.48. The van der Waals surface area contributed by atoms with E-state index in [1.165, 1.54) is 0 Å². The fraction of sp³-hybridized carbons (Fsp3) is 0.562. The molecule has 2 N–H and O–H groups in total. The van der Waals surface area contributed by atoms with Gasteiger partial charge in [-0.05, 0) is 43.6 Å². The van der Waals surface area contributed by atoms with Crippen molar-refractivity contribution in [2.75, 3.05) is 26.7 Å². The summed E-state index contributed by atoms with van der Waals surface area (Å²) < 4.78 is 0. The van der Waals surface area contributed by atoms with Crippen molar-refractivity contribution in [3.63, 3.8) is 0 Å². The maximum atomic E-state index is 10.2. The van der Waals surface area contributed by atoms with E-state index in [1.807, 2.05) is 12.1 Å². The Morgan fingerprint density at radius 1 is 1.45 bits per heavy atom. The lowest BCUT2D eigenvalue weighted by molar-refractivity contribution is 0.137. The van der Waals surface area contributed by atoms with E-state index < -0.39 is 6.10 Å². The summed E-state index contributed by atoms with van der Waals surface area (Å²) in [6.45, 7) is 5.02. The topological polar surface area (TPSA) is 59.3 Å². The molecule has 1 aliphatic rings. The number of aliphatic hydroxyl groups is 1. The van der Waals surface area contributed by atoms with Crippen molar-refractivity contribution in [3.8, 4) is 6.07 Å². The highest BCUT2D eigenvalue weighted by Crippen LogP contribution is 2.17. The van der Waals surface area contributed by atoms with Gasteiger partial charge in [0.25, 0.3) is 0 Å². The molecule has 20 heavy (non-hydrogen) atoms. The van der Waals surface area contributed by atoms with Crippen molar-refractivity contribution in [3.05, 3.63) is 35.4 Å². The van der Waals surface area contributed by atoms with Crippen LogP contribution in [0.15, 0.2) is 24.3 Å². The van der Waals surface area contributed by atoms with Crippen LogP contribution < -0.4 is 5.32 Å². The van der Waals surface area contributed by atoms with Gasteiger partial charge in [0, 0.05) is 19.1 Å². The highest BCUT2D eigenvalue weighted by Gasteiger charge is 2.24. The Morgan fingerprint density at radius 3 is 2.75 bits per heavy atom. The number of benzene rings is 1. The number of rotatable bonds is 4. The number of nitriles is 1. The zero-order valence-corrected chi connectivity index (χ0v) is 12.2. The minimum Gasteiger partial charge on any atom is -0.387 e. The Balaban J connectivity index is 1.85. The van der Waals surface area contributed by atoms with E-state index in [9.17, 15) is 5.11 Å². The Morgan fingerprint density at radius 2 is 2.15 bits per heavy atom. The summed E-state index contributed by atoms with van der Waals surface area (Å²) in [4.78, 5) is 2.35. The number of likely N-dealkylation sites (tertiary alicyclic amines) is 1. The van der Waals surface area contributed by atoms with Crippen molar-refractivity contribution in [2.24, 2.45) is 5.92 Å². The average Bonchev–Trinajstić information content (AvgIpc) is 2.46. The van der Waals surface area contributed by atoms with Crippen LogP contribution in [-0.2, 0) is 0 Å². The molecule has 1 fully saturated rings. The van der Waals surface area contributed by atoms with Gasteiger partial charge in [-0.25, -0.2) is 0 Å². The summed E-state index contributed by atoms with van der Waals surface area (Å²) in [5.74, 6) is 0.599. The Kier molecular flexibility index (Phi) is 5.13. The molecule has 4 nitrogen and oxygen atoms in total. The molecule has 2 rings (SSSR count). The third-order valence-electron chi connectivity index (χ3n) is 4.11. The lowest BCUT2D eigenvalue weighted by Crippen LogP contribution is -2.47. The molecule has 0 saturated carbocycles. The third-order valence-corrected chi connectivity index (χ3v) is 4.11. The Labute approximate surface area is 121 Å². The number of hydrogen-bond donors (Lipinski definition) is 2. The van der Waals surface area contributed by atoms with Gasteiger partial charge in [0.05, 0.1) is 17.7 Å². The first kappa shape index (κ1) is 15.0. The second-order valence-corrected chi connectivity index (χ2v) is 5.79. The van der Waals surface area contributed by atoms with Crippen molar-refractivity contribution in [1.29, 1.82) is 5.26 Å². The predicted molar refractivity (Wildman–Crippen MR) is 79.2 cm³/mol. The monoisotopic (exact) mass is 273 g/mol. The first-order valence-electron chi connectivity index (χ1n) is 7.20. The van der Waals surface area contributed by atoms with E-state index in [0.29, 0.717) is 24.1 Å². The van der Waals surface area contributed by atoms with Crippen molar-refractivity contribution < 1.29 is 5.11 Å². The van der Waals surface area contributed by atoms with Crippen molar-refractivity contribution in [1.82, 2.24) is 10.2 Å². The molecule has 1 heterocycles. The summed E-state index contributed by atoms with van der Waals surface area (Å²) in [6.07, 6.45) is 0.604. The minimum absolute atomic E-state index is 0.472. The second kappa shape index (κ2) is 6.85. The van der Waals surface area contributed by atoms with E-state index in [1.54, 1.807) is 12.1 Å². The van der Waals surface area contributed by atoms with E-state index in [-0.39, 0.29) is 0 Å². The van der Waals surface area contributed by atoms with Crippen molar-refractivity contribution >= 4 is 0 Å². The molecular formula is C16H23N3O. The predicted octanol–water partition coefficient (Wildman–Crippen LogP) is 1.52. The molecule has 0 bridgehead atoms. The fourth-order valence-corrected chi connectivity index (χ4v) is 2.82. The van der Waals surface area contributed by atoms with Gasteiger partial charge in [-0.2, -0.15) is 5.26 Å². The first-order valence-corrected chi connectivity index (χ1v) is 7.20. The number of piperidine rings is 1. The molecule has 1 aliphatic heterocycles. The van der Waals surface area contributed by atoms with E-state index in [2.05, 4.69) is 30.3 Å². The summed E-state index contributed by atoms with van der Waals surface area (Å²) in [6, 6.07) is 9.69. The highest BCUT2D eigenvalue weighted by molar-refractivity contribution is 5.32. The molecule has 0 amide bonds. The molecule has 1 aromatic carbocycles. The Bertz CT molecular complexity index is 466. The fourth-order valence-electron chi connectivity index (χ4n) is 2.82. The smallest absolute Gasteiger partial charge is 0.0991 e. The first-order chi connectivity index (χ1) is 9.60. The van der Waals surface area contributed by atoms with Gasteiger partial charge in [-0.15, -0.1) is 0 Å². The molecule has 1 aromatic rings. The van der Waals surface area contributed by atoms with Crippen LogP contribution in [0.3, 0.4) is 0 Å². The van der Waals surface area contributed by atoms with Crippen molar-refractivity contribution in [2.45, 2.75) is 25.5 Å². The lowest BCUT2D eigenvalue weighted by Gasteiger charge is -2.35. The Hall–Kier alpha value is -1.41. The number of nitrogens with one attached hydrogen (secondary N) is 1. The van der Waals surface area contributed by atoms with Crippen LogP contribution in [0.2, 0.25) is 0 Å². The number of nitrogens with zero attached hydrogens (tertiary/aromatic N) is 2. The van der Waals surface area contributed by atoms with Crippen LogP contribution >= 0.6 is 0 Å². The zero-order valence-electron chi connectivity index (χ0n) is 12.2. The summed E-state index contributed by atoms with van der Waals surface area (Å²) in [7, 11) is 2.15. The lowest BCUT2D eigenvalue weighted by atomic mass is 9.94. The normalized spacial score (nSPS) is 25.1. The average molecular weight is 273 g/mol. The second-order valence-electron chi connectivity index (χ2n) is 5.79. The van der Waals surface area contributed by atoms with Crippen LogP contribution in [0.5, 0.6) is 0 Å². The molecule has 0 aromatic heterocycles. The zero-order chi connectivity index (χ0) is 14.5. The van der Waals surface area contributed by atoms with Gasteiger partial charge in [0.1, 0.15) is 0 Å². The molecule has 108 valence electrons. The van der Waals surface area contributed by atoms with Gasteiger partial charge in [0.2, 0.25) is 0 Å². The number of hydrogen-bond acceptors (Lipinski definition) is 4. The standard InChI is InChI=1S/C16H23N3O/c1-12-11-19(2)8-7-15(12)18-10-16(20)14-5-3-13(9-17)4-6-14/h3-6,12,15-16,18,20H,7-8,10-11H2,1-2H3. The van der Waals surface area contributed by atoms with Crippen LogP contribution in [-0.4, -0.2) is 42.7 Å². The molecule has 1 saturated heterocycles. The maximum absolute atomic E-state index is 10.2. The molecule has 3 atom stereocenters. The van der Waals surface area contributed by atoms with Crippen LogP contribution in [0.25, 0.3) is 0 Å². The summed E-state index contributed by atoms with van der Waals surface area (Å²) >= 11 is 0. The minimum atomic E-state index is -0.519. The quantitative estimate of drug-likeness (QED) is 0.873. The molecule has 0 spiro atoms. The van der Waals surface area contributed by atoms with Gasteiger partial charge < -0.3 is 15.3 Å². The molecule has 3 unspecified atom stereocenters. The van der Waals surface area contributed by atoms with Gasteiger partial charge in [0.15, 0.2) is 0 Å². The third kappa shape index (κ3) is 3.80. The molecule has 0 aliphatic carbocycles. The van der Waals surface area contributed by atoms with E-state index in [4.69, 9.17) is 5.26 Å². The molecule has 0 radical (unpaired) electrons. The van der Waals surface area contributed by atoms with Crippen LogP contribution in [0, 0.1) is 17.2 Å². The molecule has 4 heteroatoms. The van der Waals surface area contributed by atoms with E-state index in [0.717, 1.165) is 25.1 Å². The highest BCUT2D eigenvalue weighted by atomic mass is 16.3. The van der Waals surface area contributed by atoms with Crippen LogP contribution in [0.1, 0.15) is 30.6 Å². The van der Waals surface area contributed by atoms with Gasteiger partial charge in [-0.1, -0.05) is 19.1 Å². The van der Waals surface area contributed by atoms with E-state index >= 15 is 0 Å². The summed E-state index contributed by atoms with van der Waals surface area (Å²) in [5, 5.41) is 22.4. The van der Waals surface area contributed by atoms with Gasteiger partial charge in [-0.3, -0.25) is 0 Å². The van der Waals surface area contributed by atoms with Gasteiger partial charge >= 0.3 is 0 Å². The SMILES string of the molecule is CC1CN(C)CCC1NCC(O)c1ccc(C#N)cc1.